The molecule has 1 heterocycles. The van der Waals surface area contributed by atoms with Crippen LogP contribution in [0.5, 0.6) is 0 Å². The van der Waals surface area contributed by atoms with Crippen molar-refractivity contribution in [3.8, 4) is 0 Å². The maximum atomic E-state index is 12.5. The Bertz CT molecular complexity index is 551. The predicted molar refractivity (Wildman–Crippen MR) is 57.6 cm³/mol. The van der Waals surface area contributed by atoms with Crippen molar-refractivity contribution in [1.82, 2.24) is 4.98 Å². The molecule has 2 rings (SSSR count). The average Bonchev–Trinajstić information content (AvgIpc) is 2.70. The zero-order chi connectivity index (χ0) is 13.3. The Hall–Kier alpha value is -1.60. The Labute approximate surface area is 100 Å². The molecular formula is C11H11F3N2O2. The van der Waals surface area contributed by atoms with Gasteiger partial charge >= 0.3 is 6.18 Å². The number of aliphatic hydroxyl groups is 1. The third-order valence-corrected chi connectivity index (χ3v) is 2.46. The maximum Gasteiger partial charge on any atom is 0.416 e. The predicted octanol–water partition coefficient (Wildman–Crippen LogP) is 2.23. The molecular weight excluding hydrogens is 249 g/mol. The Balaban J connectivity index is 2.40. The van der Waals surface area contributed by atoms with Gasteiger partial charge in [0.05, 0.1) is 5.56 Å². The van der Waals surface area contributed by atoms with Crippen molar-refractivity contribution in [2.45, 2.75) is 18.7 Å². The van der Waals surface area contributed by atoms with E-state index in [1.54, 1.807) is 0 Å². The van der Waals surface area contributed by atoms with Gasteiger partial charge in [-0.2, -0.15) is 13.2 Å². The number of alkyl halides is 3. The van der Waals surface area contributed by atoms with Crippen molar-refractivity contribution < 1.29 is 22.7 Å². The summed E-state index contributed by atoms with van der Waals surface area (Å²) >= 11 is 0. The largest absolute Gasteiger partial charge is 0.438 e. The molecule has 0 saturated carbocycles. The first-order valence-corrected chi connectivity index (χ1v) is 5.27. The smallest absolute Gasteiger partial charge is 0.416 e. The first-order valence-electron chi connectivity index (χ1n) is 5.27. The first kappa shape index (κ1) is 12.8. The number of nitrogens with zero attached hydrogens (tertiary/aromatic N) is 1. The number of hydrogen-bond acceptors (Lipinski definition) is 4. The molecule has 98 valence electrons. The molecule has 0 aliphatic heterocycles. The van der Waals surface area contributed by atoms with Gasteiger partial charge in [0.1, 0.15) is 11.6 Å². The summed E-state index contributed by atoms with van der Waals surface area (Å²) in [5.41, 5.74) is 4.73. The number of aromatic nitrogens is 1. The highest BCUT2D eigenvalue weighted by atomic mass is 19.4. The third kappa shape index (κ3) is 2.46. The van der Waals surface area contributed by atoms with Gasteiger partial charge in [-0.15, -0.1) is 0 Å². The fourth-order valence-electron chi connectivity index (χ4n) is 1.55. The molecule has 1 atom stereocenters. The number of fused-ring (bicyclic) bond motifs is 1. The van der Waals surface area contributed by atoms with Gasteiger partial charge in [0, 0.05) is 0 Å². The van der Waals surface area contributed by atoms with E-state index in [2.05, 4.69) is 4.98 Å². The molecule has 2 aromatic rings. The molecule has 0 saturated heterocycles. The highest BCUT2D eigenvalue weighted by Gasteiger charge is 2.31. The molecule has 1 aromatic heterocycles. The molecule has 0 bridgehead atoms. The number of hydrogen-bond donors (Lipinski definition) is 2. The fourth-order valence-corrected chi connectivity index (χ4v) is 1.55. The van der Waals surface area contributed by atoms with Crippen LogP contribution in [0, 0.1) is 0 Å². The van der Waals surface area contributed by atoms with E-state index >= 15 is 0 Å². The summed E-state index contributed by atoms with van der Waals surface area (Å²) in [6.07, 6.45) is -5.20. The zero-order valence-corrected chi connectivity index (χ0v) is 9.24. The van der Waals surface area contributed by atoms with E-state index < -0.39 is 17.8 Å². The van der Waals surface area contributed by atoms with Crippen LogP contribution in [0.15, 0.2) is 22.6 Å². The molecule has 0 spiro atoms. The molecule has 18 heavy (non-hydrogen) atoms. The fraction of sp³-hybridized carbons (Fsp3) is 0.364. The number of nitrogens with two attached hydrogens (primary N) is 1. The quantitative estimate of drug-likeness (QED) is 0.887. The monoisotopic (exact) mass is 260 g/mol. The Morgan fingerprint density at radius 2 is 2.11 bits per heavy atom. The summed E-state index contributed by atoms with van der Waals surface area (Å²) in [5, 5.41) is 9.59. The molecule has 0 radical (unpaired) electrons. The summed E-state index contributed by atoms with van der Waals surface area (Å²) in [6.45, 7) is 0.230. The van der Waals surface area contributed by atoms with Crippen LogP contribution in [-0.2, 0) is 6.18 Å². The summed E-state index contributed by atoms with van der Waals surface area (Å²) in [5.74, 6) is -0.0187. The molecule has 1 aromatic carbocycles. The molecule has 1 unspecified atom stereocenters. The number of benzene rings is 1. The standard InChI is InChI=1S/C11H11F3N2O2/c12-11(13,14)6-1-2-9-7(5-6)16-10(18-9)8(17)3-4-15/h1-2,5,8,17H,3-4,15H2. The second kappa shape index (κ2) is 4.58. The number of halogens is 3. The van der Waals surface area contributed by atoms with E-state index in [1.165, 1.54) is 6.07 Å². The van der Waals surface area contributed by atoms with E-state index in [4.69, 9.17) is 10.2 Å². The second-order valence-electron chi connectivity index (χ2n) is 3.83. The summed E-state index contributed by atoms with van der Waals surface area (Å²) in [4.78, 5) is 3.83. The normalized spacial score (nSPS) is 14.1. The van der Waals surface area contributed by atoms with E-state index in [1.807, 2.05) is 0 Å². The Morgan fingerprint density at radius 3 is 2.72 bits per heavy atom. The molecule has 0 fully saturated rings. The van der Waals surface area contributed by atoms with Crippen LogP contribution in [0.3, 0.4) is 0 Å². The van der Waals surface area contributed by atoms with Gasteiger partial charge in [-0.05, 0) is 31.2 Å². The van der Waals surface area contributed by atoms with Gasteiger partial charge in [-0.25, -0.2) is 4.98 Å². The lowest BCUT2D eigenvalue weighted by Crippen LogP contribution is -2.06. The second-order valence-corrected chi connectivity index (χ2v) is 3.83. The lowest BCUT2D eigenvalue weighted by molar-refractivity contribution is -0.137. The number of aliphatic hydroxyl groups excluding tert-OH is 1. The van der Waals surface area contributed by atoms with Crippen molar-refractivity contribution in [1.29, 1.82) is 0 Å². The molecule has 0 amide bonds. The van der Waals surface area contributed by atoms with E-state index in [0.717, 1.165) is 12.1 Å². The van der Waals surface area contributed by atoms with Crippen LogP contribution in [0.25, 0.3) is 11.1 Å². The van der Waals surface area contributed by atoms with Crippen molar-refractivity contribution in [2.75, 3.05) is 6.54 Å². The van der Waals surface area contributed by atoms with Gasteiger partial charge < -0.3 is 15.3 Å². The highest BCUT2D eigenvalue weighted by Crippen LogP contribution is 2.32. The summed E-state index contributed by atoms with van der Waals surface area (Å²) in [6, 6.07) is 2.98. The molecule has 4 nitrogen and oxygen atoms in total. The number of rotatable bonds is 3. The van der Waals surface area contributed by atoms with E-state index in [0.29, 0.717) is 0 Å². The van der Waals surface area contributed by atoms with Crippen molar-refractivity contribution in [2.24, 2.45) is 5.73 Å². The molecule has 0 aliphatic rings. The Morgan fingerprint density at radius 1 is 1.39 bits per heavy atom. The molecule has 0 aliphatic carbocycles. The number of oxazole rings is 1. The van der Waals surface area contributed by atoms with Crippen molar-refractivity contribution in [3.63, 3.8) is 0 Å². The average molecular weight is 260 g/mol. The van der Waals surface area contributed by atoms with Crippen LogP contribution in [0.1, 0.15) is 24.0 Å². The van der Waals surface area contributed by atoms with Crippen molar-refractivity contribution in [3.05, 3.63) is 29.7 Å². The molecule has 3 N–H and O–H groups in total. The zero-order valence-electron chi connectivity index (χ0n) is 9.24. The minimum Gasteiger partial charge on any atom is -0.438 e. The SMILES string of the molecule is NCCC(O)c1nc2cc(C(F)(F)F)ccc2o1. The first-order chi connectivity index (χ1) is 8.41. The lowest BCUT2D eigenvalue weighted by Gasteiger charge is -2.04. The van der Waals surface area contributed by atoms with Gasteiger partial charge in [-0.3, -0.25) is 0 Å². The summed E-state index contributed by atoms with van der Waals surface area (Å²) in [7, 11) is 0. The summed E-state index contributed by atoms with van der Waals surface area (Å²) < 4.78 is 42.6. The minimum absolute atomic E-state index is 0.0187. The van der Waals surface area contributed by atoms with Crippen LogP contribution < -0.4 is 5.73 Å². The van der Waals surface area contributed by atoms with Crippen LogP contribution >= 0.6 is 0 Å². The van der Waals surface area contributed by atoms with Crippen LogP contribution in [-0.4, -0.2) is 16.6 Å². The third-order valence-electron chi connectivity index (χ3n) is 2.46. The van der Waals surface area contributed by atoms with E-state index in [-0.39, 0.29) is 30.0 Å². The van der Waals surface area contributed by atoms with Gasteiger partial charge in [-0.1, -0.05) is 0 Å². The van der Waals surface area contributed by atoms with Gasteiger partial charge in [0.2, 0.25) is 5.89 Å². The highest BCUT2D eigenvalue weighted by molar-refractivity contribution is 5.73. The minimum atomic E-state index is -4.43. The maximum absolute atomic E-state index is 12.5. The van der Waals surface area contributed by atoms with Crippen molar-refractivity contribution >= 4 is 11.1 Å². The van der Waals surface area contributed by atoms with Crippen LogP contribution in [0.2, 0.25) is 0 Å². The van der Waals surface area contributed by atoms with Crippen LogP contribution in [0.4, 0.5) is 13.2 Å². The molecule has 7 heteroatoms. The van der Waals surface area contributed by atoms with Gasteiger partial charge in [0.15, 0.2) is 5.58 Å². The Kier molecular flexibility index (Phi) is 3.27. The topological polar surface area (TPSA) is 72.3 Å². The van der Waals surface area contributed by atoms with Gasteiger partial charge in [0.25, 0.3) is 0 Å². The van der Waals surface area contributed by atoms with E-state index in [9.17, 15) is 18.3 Å². The lowest BCUT2D eigenvalue weighted by atomic mass is 10.2.